The summed E-state index contributed by atoms with van der Waals surface area (Å²) in [6.45, 7) is 10.3. The maximum absolute atomic E-state index is 12.9. The molecule has 0 spiro atoms. The number of nitro benzene ring substituents is 1. The number of non-ortho nitro benzene ring substituents is 1. The third-order valence-corrected chi connectivity index (χ3v) is 6.66. The van der Waals surface area contributed by atoms with E-state index in [1.54, 1.807) is 0 Å². The van der Waals surface area contributed by atoms with Gasteiger partial charge in [0.2, 0.25) is 5.91 Å². The second-order valence-electron chi connectivity index (χ2n) is 8.69. The van der Waals surface area contributed by atoms with Gasteiger partial charge in [-0.3, -0.25) is 19.7 Å². The van der Waals surface area contributed by atoms with Crippen molar-refractivity contribution in [3.63, 3.8) is 0 Å². The highest BCUT2D eigenvalue weighted by molar-refractivity contribution is 7.99. The molecule has 3 aromatic rings. The molecule has 0 fully saturated rings. The van der Waals surface area contributed by atoms with Gasteiger partial charge in [0.05, 0.1) is 16.7 Å². The Hall–Kier alpha value is -3.73. The minimum atomic E-state index is -0.537. The Morgan fingerprint density at radius 3 is 2.39 bits per heavy atom. The third-order valence-electron chi connectivity index (χ3n) is 5.69. The van der Waals surface area contributed by atoms with Gasteiger partial charge >= 0.3 is 0 Å². The Morgan fingerprint density at radius 2 is 1.78 bits per heavy atom. The van der Waals surface area contributed by atoms with Crippen LogP contribution in [0.5, 0.6) is 0 Å². The summed E-state index contributed by atoms with van der Waals surface area (Å²) < 4.78 is 1.87. The molecule has 36 heavy (non-hydrogen) atoms. The summed E-state index contributed by atoms with van der Waals surface area (Å²) in [6.07, 6.45) is 0. The largest absolute Gasteiger partial charge is 0.342 e. The highest BCUT2D eigenvalue weighted by Crippen LogP contribution is 2.26. The molecule has 2 aromatic carbocycles. The molecule has 0 bridgehead atoms. The minimum absolute atomic E-state index is 0.0349. The van der Waals surface area contributed by atoms with Gasteiger partial charge in [0, 0.05) is 29.9 Å². The lowest BCUT2D eigenvalue weighted by atomic mass is 10.0. The van der Waals surface area contributed by atoms with Gasteiger partial charge in [-0.15, -0.1) is 10.2 Å². The van der Waals surface area contributed by atoms with Crippen LogP contribution in [0.15, 0.2) is 47.6 Å². The summed E-state index contributed by atoms with van der Waals surface area (Å²) in [5.41, 5.74) is 2.83. The standard InChI is InChI=1S/C25H30N6O4S/c1-6-30-23(21(15(2)3)27-24(33)18-11-8-12-19(13-18)31(34)35)28-29-25(30)36-14-20(32)26-22-16(4)9-7-10-17(22)5/h7-13,15,21H,6,14H2,1-5H3,(H,26,32)(H,27,33)/t21-/m0/s1. The smallest absolute Gasteiger partial charge is 0.270 e. The molecule has 2 amide bonds. The first-order chi connectivity index (χ1) is 17.1. The van der Waals surface area contributed by atoms with Crippen molar-refractivity contribution < 1.29 is 14.5 Å². The molecule has 3 rings (SSSR count). The zero-order chi connectivity index (χ0) is 26.4. The molecule has 10 nitrogen and oxygen atoms in total. The number of carbonyl (C=O) groups is 2. The Balaban J connectivity index is 1.75. The number of nitro groups is 1. The molecule has 0 aliphatic rings. The van der Waals surface area contributed by atoms with Crippen LogP contribution in [-0.2, 0) is 11.3 Å². The third kappa shape index (κ3) is 6.28. The first-order valence-electron chi connectivity index (χ1n) is 11.6. The van der Waals surface area contributed by atoms with E-state index in [2.05, 4.69) is 20.8 Å². The Bertz CT molecular complexity index is 1250. The van der Waals surface area contributed by atoms with Crippen molar-refractivity contribution in [3.05, 3.63) is 75.1 Å². The highest BCUT2D eigenvalue weighted by atomic mass is 32.2. The Labute approximate surface area is 214 Å². The fourth-order valence-corrected chi connectivity index (χ4v) is 4.58. The lowest BCUT2D eigenvalue weighted by Gasteiger charge is -2.22. The van der Waals surface area contributed by atoms with E-state index >= 15 is 0 Å². The van der Waals surface area contributed by atoms with E-state index in [-0.39, 0.29) is 28.8 Å². The van der Waals surface area contributed by atoms with E-state index in [1.807, 2.05) is 57.4 Å². The number of nitrogens with one attached hydrogen (secondary N) is 2. The van der Waals surface area contributed by atoms with E-state index in [9.17, 15) is 19.7 Å². The first kappa shape index (κ1) is 26.9. The molecule has 2 N–H and O–H groups in total. The number of hydrogen-bond donors (Lipinski definition) is 2. The molecule has 1 heterocycles. The van der Waals surface area contributed by atoms with Crippen LogP contribution in [0.25, 0.3) is 0 Å². The summed E-state index contributed by atoms with van der Waals surface area (Å²) in [5, 5.41) is 26.2. The van der Waals surface area contributed by atoms with Crippen molar-refractivity contribution in [2.45, 2.75) is 52.4 Å². The topological polar surface area (TPSA) is 132 Å². The van der Waals surface area contributed by atoms with Crippen molar-refractivity contribution in [3.8, 4) is 0 Å². The van der Waals surface area contributed by atoms with Crippen molar-refractivity contribution in [2.75, 3.05) is 11.1 Å². The summed E-state index contributed by atoms with van der Waals surface area (Å²) >= 11 is 1.27. The Morgan fingerprint density at radius 1 is 1.11 bits per heavy atom. The SMILES string of the molecule is CCn1c(SCC(=O)Nc2c(C)cccc2C)nnc1[C@@H](NC(=O)c1cccc([N+](=O)[O-])c1)C(C)C. The van der Waals surface area contributed by atoms with Gasteiger partial charge in [-0.2, -0.15) is 0 Å². The van der Waals surface area contributed by atoms with Crippen LogP contribution in [0.2, 0.25) is 0 Å². The second kappa shape index (κ2) is 11.8. The monoisotopic (exact) mass is 510 g/mol. The van der Waals surface area contributed by atoms with E-state index in [1.165, 1.54) is 36.0 Å². The number of amides is 2. The highest BCUT2D eigenvalue weighted by Gasteiger charge is 2.26. The number of carbonyl (C=O) groups excluding carboxylic acids is 2. The number of aryl methyl sites for hydroxylation is 2. The van der Waals surface area contributed by atoms with Crippen LogP contribution in [0, 0.1) is 29.9 Å². The fraction of sp³-hybridized carbons (Fsp3) is 0.360. The molecule has 190 valence electrons. The van der Waals surface area contributed by atoms with Crippen molar-refractivity contribution in [1.82, 2.24) is 20.1 Å². The van der Waals surface area contributed by atoms with E-state index in [0.717, 1.165) is 16.8 Å². The van der Waals surface area contributed by atoms with Crippen molar-refractivity contribution in [1.29, 1.82) is 0 Å². The molecular weight excluding hydrogens is 480 g/mol. The number of nitrogens with zero attached hydrogens (tertiary/aromatic N) is 4. The number of anilines is 1. The number of benzene rings is 2. The van der Waals surface area contributed by atoms with Gasteiger partial charge in [-0.25, -0.2) is 0 Å². The summed E-state index contributed by atoms with van der Waals surface area (Å²) in [6, 6.07) is 10.9. The predicted molar refractivity (Wildman–Crippen MR) is 139 cm³/mol. The van der Waals surface area contributed by atoms with E-state index in [0.29, 0.717) is 17.5 Å². The summed E-state index contributed by atoms with van der Waals surface area (Å²) in [4.78, 5) is 36.1. The van der Waals surface area contributed by atoms with Crippen LogP contribution < -0.4 is 10.6 Å². The minimum Gasteiger partial charge on any atom is -0.342 e. The number of thioether (sulfide) groups is 1. The zero-order valence-electron chi connectivity index (χ0n) is 20.9. The van der Waals surface area contributed by atoms with Gasteiger partial charge in [-0.1, -0.05) is 49.9 Å². The van der Waals surface area contributed by atoms with E-state index in [4.69, 9.17) is 0 Å². The Kier molecular flexibility index (Phi) is 8.81. The molecular formula is C25H30N6O4S. The molecule has 0 aliphatic heterocycles. The van der Waals surface area contributed by atoms with Gasteiger partial charge in [0.25, 0.3) is 11.6 Å². The van der Waals surface area contributed by atoms with Gasteiger partial charge in [0.15, 0.2) is 11.0 Å². The summed E-state index contributed by atoms with van der Waals surface area (Å²) in [5.74, 6) is 0.0867. The normalized spacial score (nSPS) is 11.8. The molecule has 0 radical (unpaired) electrons. The maximum Gasteiger partial charge on any atom is 0.270 e. The van der Waals surface area contributed by atoms with Gasteiger partial charge < -0.3 is 15.2 Å². The van der Waals surface area contributed by atoms with Crippen LogP contribution in [0.4, 0.5) is 11.4 Å². The molecule has 0 saturated heterocycles. The lowest BCUT2D eigenvalue weighted by Crippen LogP contribution is -2.33. The van der Waals surface area contributed by atoms with Gasteiger partial charge in [-0.05, 0) is 43.9 Å². The van der Waals surface area contributed by atoms with Crippen LogP contribution >= 0.6 is 11.8 Å². The number of aromatic nitrogens is 3. The maximum atomic E-state index is 12.9. The summed E-state index contributed by atoms with van der Waals surface area (Å²) in [7, 11) is 0. The van der Waals surface area contributed by atoms with Crippen LogP contribution in [0.3, 0.4) is 0 Å². The number of hydrogen-bond acceptors (Lipinski definition) is 7. The van der Waals surface area contributed by atoms with Gasteiger partial charge in [0.1, 0.15) is 0 Å². The second-order valence-corrected chi connectivity index (χ2v) is 9.63. The molecule has 11 heteroatoms. The van der Waals surface area contributed by atoms with Crippen LogP contribution in [0.1, 0.15) is 54.1 Å². The molecule has 1 atom stereocenters. The lowest BCUT2D eigenvalue weighted by molar-refractivity contribution is -0.384. The fourth-order valence-electron chi connectivity index (χ4n) is 3.77. The quantitative estimate of drug-likeness (QED) is 0.230. The average molecular weight is 511 g/mol. The molecule has 1 aromatic heterocycles. The molecule has 0 unspecified atom stereocenters. The number of para-hydroxylation sites is 1. The average Bonchev–Trinajstić information content (AvgIpc) is 3.25. The van der Waals surface area contributed by atoms with Crippen LogP contribution in [-0.4, -0.2) is 37.3 Å². The zero-order valence-corrected chi connectivity index (χ0v) is 21.8. The first-order valence-corrected chi connectivity index (χ1v) is 12.6. The van der Waals surface area contributed by atoms with Crippen molar-refractivity contribution in [2.24, 2.45) is 5.92 Å². The molecule has 0 aliphatic carbocycles. The molecule has 0 saturated carbocycles. The number of rotatable bonds is 10. The van der Waals surface area contributed by atoms with E-state index < -0.39 is 16.9 Å². The van der Waals surface area contributed by atoms with Crippen molar-refractivity contribution >= 4 is 35.0 Å². The predicted octanol–water partition coefficient (Wildman–Crippen LogP) is 4.68.